The molecule has 4 nitrogen and oxygen atoms in total. The summed E-state index contributed by atoms with van der Waals surface area (Å²) in [6.45, 7) is 0. The molecule has 0 radical (unpaired) electrons. The zero-order chi connectivity index (χ0) is 11.2. The van der Waals surface area contributed by atoms with E-state index in [1.165, 1.54) is 7.11 Å². The van der Waals surface area contributed by atoms with Gasteiger partial charge in [-0.05, 0) is 24.3 Å². The van der Waals surface area contributed by atoms with Crippen LogP contribution in [0.1, 0.15) is 5.69 Å². The Morgan fingerprint density at radius 2 is 2.00 bits per heavy atom. The predicted octanol–water partition coefficient (Wildman–Crippen LogP) is 2.12. The fourth-order valence-corrected chi connectivity index (χ4v) is 1.29. The van der Waals surface area contributed by atoms with Crippen LogP contribution >= 0.6 is 0 Å². The van der Waals surface area contributed by atoms with Crippen molar-refractivity contribution in [3.05, 3.63) is 48.3 Å². The minimum atomic E-state index is 0.741. The monoisotopic (exact) mass is 213 g/mol. The van der Waals surface area contributed by atoms with E-state index in [2.05, 4.69) is 20.0 Å². The van der Waals surface area contributed by atoms with Gasteiger partial charge in [0.05, 0.1) is 23.3 Å². The second-order valence-electron chi connectivity index (χ2n) is 3.08. The number of oxime groups is 1. The third-order valence-corrected chi connectivity index (χ3v) is 1.99. The molecule has 0 amide bonds. The van der Waals surface area contributed by atoms with Crippen molar-refractivity contribution in [2.75, 3.05) is 7.11 Å². The number of hydrogen-bond donors (Lipinski definition) is 0. The summed E-state index contributed by atoms with van der Waals surface area (Å²) in [6, 6.07) is 11.4. The number of hydrogen-bond acceptors (Lipinski definition) is 4. The van der Waals surface area contributed by atoms with Gasteiger partial charge in [-0.1, -0.05) is 17.3 Å². The summed E-state index contributed by atoms with van der Waals surface area (Å²) in [5.74, 6) is 0. The highest BCUT2D eigenvalue weighted by Gasteiger charge is 1.99. The second-order valence-corrected chi connectivity index (χ2v) is 3.08. The molecule has 0 aliphatic heterocycles. The molecule has 4 heteroatoms. The zero-order valence-corrected chi connectivity index (χ0v) is 8.87. The molecule has 0 fully saturated rings. The van der Waals surface area contributed by atoms with E-state index in [1.807, 2.05) is 36.4 Å². The smallest absolute Gasteiger partial charge is 0.106 e. The Morgan fingerprint density at radius 3 is 2.75 bits per heavy atom. The third-order valence-electron chi connectivity index (χ3n) is 1.99. The van der Waals surface area contributed by atoms with Crippen molar-refractivity contribution in [1.29, 1.82) is 0 Å². The minimum Gasteiger partial charge on any atom is -0.399 e. The molecule has 80 valence electrons. The van der Waals surface area contributed by atoms with E-state index in [1.54, 1.807) is 12.4 Å². The highest BCUT2D eigenvalue weighted by molar-refractivity contribution is 5.77. The van der Waals surface area contributed by atoms with Crippen molar-refractivity contribution in [3.63, 3.8) is 0 Å². The SMILES string of the molecule is CON=Cc1cccc(-c2ccccn2)n1. The first kappa shape index (κ1) is 10.3. The molecule has 0 atom stereocenters. The van der Waals surface area contributed by atoms with Gasteiger partial charge in [0.15, 0.2) is 0 Å². The quantitative estimate of drug-likeness (QED) is 0.579. The van der Waals surface area contributed by atoms with E-state index in [-0.39, 0.29) is 0 Å². The van der Waals surface area contributed by atoms with Gasteiger partial charge < -0.3 is 4.84 Å². The molecular weight excluding hydrogens is 202 g/mol. The number of rotatable bonds is 3. The van der Waals surface area contributed by atoms with E-state index < -0.39 is 0 Å². The Labute approximate surface area is 93.6 Å². The Bertz CT molecular complexity index is 483. The molecule has 0 N–H and O–H groups in total. The topological polar surface area (TPSA) is 47.4 Å². The third kappa shape index (κ3) is 2.42. The lowest BCUT2D eigenvalue weighted by Gasteiger charge is -1.99. The maximum atomic E-state index is 4.61. The van der Waals surface area contributed by atoms with Crippen LogP contribution in [0, 0.1) is 0 Å². The van der Waals surface area contributed by atoms with Crippen LogP contribution in [0.5, 0.6) is 0 Å². The van der Waals surface area contributed by atoms with Crippen LogP contribution in [-0.2, 0) is 4.84 Å². The summed E-state index contributed by atoms with van der Waals surface area (Å²) in [4.78, 5) is 13.2. The molecule has 0 spiro atoms. The van der Waals surface area contributed by atoms with Gasteiger partial charge in [0.2, 0.25) is 0 Å². The van der Waals surface area contributed by atoms with Gasteiger partial charge in [-0.3, -0.25) is 4.98 Å². The molecule has 0 aromatic carbocycles. The summed E-state index contributed by atoms with van der Waals surface area (Å²) in [5, 5.41) is 3.67. The van der Waals surface area contributed by atoms with Crippen molar-refractivity contribution in [1.82, 2.24) is 9.97 Å². The van der Waals surface area contributed by atoms with Crippen LogP contribution in [0.2, 0.25) is 0 Å². The second kappa shape index (κ2) is 5.02. The molecule has 0 saturated heterocycles. The summed E-state index contributed by atoms with van der Waals surface area (Å²) < 4.78 is 0. The minimum absolute atomic E-state index is 0.741. The number of aromatic nitrogens is 2. The molecular formula is C12H11N3O. The fourth-order valence-electron chi connectivity index (χ4n) is 1.29. The van der Waals surface area contributed by atoms with Gasteiger partial charge in [0.1, 0.15) is 7.11 Å². The maximum absolute atomic E-state index is 4.61. The van der Waals surface area contributed by atoms with E-state index in [0.717, 1.165) is 17.1 Å². The Balaban J connectivity index is 2.33. The van der Waals surface area contributed by atoms with Crippen LogP contribution in [0.4, 0.5) is 0 Å². The fraction of sp³-hybridized carbons (Fsp3) is 0.0833. The Hall–Kier alpha value is -2.23. The molecule has 0 bridgehead atoms. The molecule has 0 aliphatic rings. The van der Waals surface area contributed by atoms with E-state index in [4.69, 9.17) is 0 Å². The first-order chi connectivity index (χ1) is 7.90. The summed E-state index contributed by atoms with van der Waals surface area (Å²) in [6.07, 6.45) is 3.30. The maximum Gasteiger partial charge on any atom is 0.106 e. The lowest BCUT2D eigenvalue weighted by atomic mass is 10.2. The molecule has 2 heterocycles. The zero-order valence-electron chi connectivity index (χ0n) is 8.87. The summed E-state index contributed by atoms with van der Waals surface area (Å²) in [5.41, 5.74) is 2.40. The van der Waals surface area contributed by atoms with Crippen LogP contribution < -0.4 is 0 Å². The average Bonchev–Trinajstić information content (AvgIpc) is 2.38. The normalized spacial score (nSPS) is 10.6. The number of nitrogens with zero attached hydrogens (tertiary/aromatic N) is 3. The standard InChI is InChI=1S/C12H11N3O/c1-16-14-9-10-5-4-7-12(15-10)11-6-2-3-8-13-11/h2-9H,1H3. The summed E-state index contributed by atoms with van der Waals surface area (Å²) >= 11 is 0. The molecule has 2 aromatic heterocycles. The number of pyridine rings is 2. The molecule has 0 saturated carbocycles. The van der Waals surface area contributed by atoms with E-state index in [9.17, 15) is 0 Å². The Morgan fingerprint density at radius 1 is 1.12 bits per heavy atom. The lowest BCUT2D eigenvalue weighted by Crippen LogP contribution is -1.92. The molecule has 0 unspecified atom stereocenters. The van der Waals surface area contributed by atoms with Gasteiger partial charge in [-0.25, -0.2) is 4.98 Å². The molecule has 2 rings (SSSR count). The first-order valence-corrected chi connectivity index (χ1v) is 4.85. The molecule has 16 heavy (non-hydrogen) atoms. The van der Waals surface area contributed by atoms with E-state index in [0.29, 0.717) is 0 Å². The Kier molecular flexibility index (Phi) is 3.23. The highest BCUT2D eigenvalue weighted by atomic mass is 16.6. The van der Waals surface area contributed by atoms with Crippen LogP contribution in [0.3, 0.4) is 0 Å². The van der Waals surface area contributed by atoms with Crippen molar-refractivity contribution in [2.24, 2.45) is 5.16 Å². The predicted molar refractivity (Wildman–Crippen MR) is 62.1 cm³/mol. The van der Waals surface area contributed by atoms with Gasteiger partial charge in [-0.2, -0.15) is 0 Å². The largest absolute Gasteiger partial charge is 0.399 e. The van der Waals surface area contributed by atoms with Gasteiger partial charge in [0.25, 0.3) is 0 Å². The van der Waals surface area contributed by atoms with Crippen molar-refractivity contribution < 1.29 is 4.84 Å². The van der Waals surface area contributed by atoms with Crippen LogP contribution in [-0.4, -0.2) is 23.3 Å². The van der Waals surface area contributed by atoms with E-state index >= 15 is 0 Å². The van der Waals surface area contributed by atoms with Crippen LogP contribution in [0.15, 0.2) is 47.8 Å². The van der Waals surface area contributed by atoms with Gasteiger partial charge >= 0.3 is 0 Å². The molecule has 0 aliphatic carbocycles. The molecule has 2 aromatic rings. The van der Waals surface area contributed by atoms with Crippen LogP contribution in [0.25, 0.3) is 11.4 Å². The lowest BCUT2D eigenvalue weighted by molar-refractivity contribution is 0.215. The van der Waals surface area contributed by atoms with Crippen molar-refractivity contribution in [2.45, 2.75) is 0 Å². The first-order valence-electron chi connectivity index (χ1n) is 4.85. The summed E-state index contributed by atoms with van der Waals surface area (Å²) in [7, 11) is 1.50. The van der Waals surface area contributed by atoms with Crippen molar-refractivity contribution in [3.8, 4) is 11.4 Å². The highest BCUT2D eigenvalue weighted by Crippen LogP contribution is 2.12. The average molecular weight is 213 g/mol. The van der Waals surface area contributed by atoms with Gasteiger partial charge in [0, 0.05) is 6.20 Å². The van der Waals surface area contributed by atoms with Gasteiger partial charge in [-0.15, -0.1) is 0 Å². The van der Waals surface area contributed by atoms with Crippen molar-refractivity contribution >= 4 is 6.21 Å².